The number of aliphatic hydroxyl groups excluding tert-OH is 1. The highest BCUT2D eigenvalue weighted by atomic mass is 35.5. The lowest BCUT2D eigenvalue weighted by molar-refractivity contribution is 0.00578. The van der Waals surface area contributed by atoms with Crippen molar-refractivity contribution in [3.05, 3.63) is 28.8 Å². The fraction of sp³-hybridized carbons (Fsp3) is 0.571. The summed E-state index contributed by atoms with van der Waals surface area (Å²) in [4.78, 5) is 0. The van der Waals surface area contributed by atoms with Crippen LogP contribution in [0.2, 0.25) is 5.02 Å². The molecule has 1 fully saturated rings. The minimum Gasteiger partial charge on any atom is -0.399 e. The maximum absolute atomic E-state index is 9.05. The highest BCUT2D eigenvalue weighted by Gasteiger charge is 2.51. The van der Waals surface area contributed by atoms with E-state index in [2.05, 4.69) is 0 Å². The molecule has 0 atom stereocenters. The molecule has 0 bridgehead atoms. The molecule has 2 rings (SSSR count). The normalized spacial score (nSPS) is 20.8. The number of aliphatic hydroxyl groups is 1. The molecule has 0 aliphatic carbocycles. The van der Waals surface area contributed by atoms with Gasteiger partial charge in [-0.3, -0.25) is 0 Å². The van der Waals surface area contributed by atoms with Gasteiger partial charge >= 0.3 is 7.12 Å². The Hall–Kier alpha value is -0.545. The van der Waals surface area contributed by atoms with Gasteiger partial charge in [0.25, 0.3) is 0 Å². The minimum atomic E-state index is -0.389. The van der Waals surface area contributed by atoms with Gasteiger partial charge in [-0.15, -0.1) is 0 Å². The summed E-state index contributed by atoms with van der Waals surface area (Å²) in [5, 5.41) is 9.71. The molecule has 0 radical (unpaired) electrons. The van der Waals surface area contributed by atoms with Gasteiger partial charge in [-0.05, 0) is 51.2 Å². The average Bonchev–Trinajstić information content (AvgIpc) is 2.51. The monoisotopic (exact) mass is 282 g/mol. The molecule has 1 aromatic rings. The van der Waals surface area contributed by atoms with Gasteiger partial charge in [0.2, 0.25) is 0 Å². The van der Waals surface area contributed by atoms with Crippen LogP contribution in [-0.2, 0) is 15.7 Å². The summed E-state index contributed by atoms with van der Waals surface area (Å²) in [5.41, 5.74) is 1.14. The molecule has 0 aromatic heterocycles. The van der Waals surface area contributed by atoms with Crippen LogP contribution in [0, 0.1) is 0 Å². The minimum absolute atomic E-state index is 0.0759. The predicted molar refractivity (Wildman–Crippen MR) is 78.0 cm³/mol. The average molecular weight is 283 g/mol. The van der Waals surface area contributed by atoms with Gasteiger partial charge in [0.15, 0.2) is 0 Å². The van der Waals surface area contributed by atoms with Crippen LogP contribution in [0.5, 0.6) is 0 Å². The van der Waals surface area contributed by atoms with E-state index in [9.17, 15) is 0 Å². The van der Waals surface area contributed by atoms with Crippen LogP contribution in [0.15, 0.2) is 18.2 Å². The molecule has 5 heteroatoms. The number of rotatable bonds is 3. The molecule has 1 saturated heterocycles. The summed E-state index contributed by atoms with van der Waals surface area (Å²) < 4.78 is 12.0. The third-order valence-electron chi connectivity index (χ3n) is 3.98. The number of hydrogen-bond acceptors (Lipinski definition) is 3. The summed E-state index contributed by atoms with van der Waals surface area (Å²) in [6.07, 6.45) is 0.534. The molecule has 1 aliphatic rings. The Balaban J connectivity index is 2.27. The van der Waals surface area contributed by atoms with Gasteiger partial charge in [-0.2, -0.15) is 0 Å². The molecule has 0 spiro atoms. The van der Waals surface area contributed by atoms with Crippen LogP contribution in [0.1, 0.15) is 33.3 Å². The number of benzene rings is 1. The summed E-state index contributed by atoms with van der Waals surface area (Å²) in [6, 6.07) is 5.68. The summed E-state index contributed by atoms with van der Waals surface area (Å²) in [6.45, 7) is 8.18. The van der Waals surface area contributed by atoms with Gasteiger partial charge in [0.05, 0.1) is 11.2 Å². The lowest BCUT2D eigenvalue weighted by Crippen LogP contribution is -2.41. The second kappa shape index (κ2) is 5.10. The molecule has 1 heterocycles. The first-order chi connectivity index (χ1) is 8.77. The van der Waals surface area contributed by atoms with E-state index in [-0.39, 0.29) is 24.9 Å². The molecule has 1 N–H and O–H groups in total. The van der Waals surface area contributed by atoms with E-state index >= 15 is 0 Å². The second-order valence-corrected chi connectivity index (χ2v) is 6.32. The van der Waals surface area contributed by atoms with Crippen LogP contribution >= 0.6 is 11.6 Å². The first kappa shape index (κ1) is 14.9. The van der Waals surface area contributed by atoms with Crippen LogP contribution in [0.4, 0.5) is 0 Å². The van der Waals surface area contributed by atoms with Crippen LogP contribution in [0.3, 0.4) is 0 Å². The highest BCUT2D eigenvalue weighted by molar-refractivity contribution is 6.62. The van der Waals surface area contributed by atoms with Crippen molar-refractivity contribution < 1.29 is 14.4 Å². The Morgan fingerprint density at radius 2 is 1.74 bits per heavy atom. The summed E-state index contributed by atoms with van der Waals surface area (Å²) in [7, 11) is -0.389. The Morgan fingerprint density at radius 1 is 1.16 bits per heavy atom. The third-order valence-corrected chi connectivity index (χ3v) is 4.35. The first-order valence-corrected chi connectivity index (χ1v) is 6.89. The van der Waals surface area contributed by atoms with E-state index in [4.69, 9.17) is 26.0 Å². The lowest BCUT2D eigenvalue weighted by Gasteiger charge is -2.32. The largest absolute Gasteiger partial charge is 0.494 e. The standard InChI is InChI=1S/C14H20BClO3/c1-13(2)14(3,4)19-15(18-13)11-5-6-12(16)10(9-11)7-8-17/h5-6,9,17H,7-8H2,1-4H3. The topological polar surface area (TPSA) is 38.7 Å². The number of hydrogen-bond donors (Lipinski definition) is 1. The number of halogens is 1. The van der Waals surface area contributed by atoms with E-state index < -0.39 is 0 Å². The van der Waals surface area contributed by atoms with Crippen molar-refractivity contribution >= 4 is 24.2 Å². The van der Waals surface area contributed by atoms with Crippen LogP contribution < -0.4 is 5.46 Å². The quantitative estimate of drug-likeness (QED) is 0.864. The van der Waals surface area contributed by atoms with Crippen LogP contribution in [0.25, 0.3) is 0 Å². The Bertz CT molecular complexity index is 458. The van der Waals surface area contributed by atoms with Crippen molar-refractivity contribution in [2.75, 3.05) is 6.61 Å². The van der Waals surface area contributed by atoms with Crippen molar-refractivity contribution in [3.63, 3.8) is 0 Å². The molecule has 1 aromatic carbocycles. The maximum atomic E-state index is 9.05. The van der Waals surface area contributed by atoms with E-state index in [1.807, 2.05) is 45.9 Å². The van der Waals surface area contributed by atoms with Gasteiger partial charge < -0.3 is 14.4 Å². The van der Waals surface area contributed by atoms with Crippen molar-refractivity contribution in [2.45, 2.75) is 45.3 Å². The zero-order valence-corrected chi connectivity index (χ0v) is 12.6. The molecule has 1 aliphatic heterocycles. The molecule has 3 nitrogen and oxygen atoms in total. The molecule has 19 heavy (non-hydrogen) atoms. The van der Waals surface area contributed by atoms with E-state index in [0.717, 1.165) is 11.0 Å². The van der Waals surface area contributed by atoms with Gasteiger partial charge in [0, 0.05) is 11.6 Å². The molecular weight excluding hydrogens is 262 g/mol. The second-order valence-electron chi connectivity index (χ2n) is 5.91. The van der Waals surface area contributed by atoms with Crippen molar-refractivity contribution in [3.8, 4) is 0 Å². The summed E-state index contributed by atoms with van der Waals surface area (Å²) >= 11 is 6.10. The Labute approximate surface area is 120 Å². The fourth-order valence-electron chi connectivity index (χ4n) is 2.03. The van der Waals surface area contributed by atoms with Gasteiger partial charge in [-0.1, -0.05) is 23.7 Å². The van der Waals surface area contributed by atoms with Gasteiger partial charge in [0.1, 0.15) is 0 Å². The Morgan fingerprint density at radius 3 is 2.26 bits per heavy atom. The lowest BCUT2D eigenvalue weighted by atomic mass is 9.78. The van der Waals surface area contributed by atoms with Crippen molar-refractivity contribution in [1.82, 2.24) is 0 Å². The Kier molecular flexibility index (Phi) is 3.98. The molecule has 0 saturated carbocycles. The van der Waals surface area contributed by atoms with Crippen LogP contribution in [-0.4, -0.2) is 30.0 Å². The zero-order chi connectivity index (χ0) is 14.3. The van der Waals surface area contributed by atoms with Gasteiger partial charge in [-0.25, -0.2) is 0 Å². The van der Waals surface area contributed by atoms with E-state index in [1.54, 1.807) is 0 Å². The zero-order valence-electron chi connectivity index (χ0n) is 11.9. The first-order valence-electron chi connectivity index (χ1n) is 6.52. The predicted octanol–water partition coefficient (Wildman–Crippen LogP) is 2.17. The fourth-order valence-corrected chi connectivity index (χ4v) is 2.24. The third kappa shape index (κ3) is 2.82. The van der Waals surface area contributed by atoms with Crippen molar-refractivity contribution in [2.24, 2.45) is 0 Å². The summed E-state index contributed by atoms with van der Waals surface area (Å²) in [5.74, 6) is 0. The molecule has 0 amide bonds. The highest BCUT2D eigenvalue weighted by Crippen LogP contribution is 2.36. The molecule has 0 unspecified atom stereocenters. The molecular formula is C14H20BClO3. The SMILES string of the molecule is CC1(C)OB(c2ccc(Cl)c(CCO)c2)OC1(C)C. The van der Waals surface area contributed by atoms with Crippen molar-refractivity contribution in [1.29, 1.82) is 0 Å². The van der Waals surface area contributed by atoms with E-state index in [0.29, 0.717) is 11.4 Å². The maximum Gasteiger partial charge on any atom is 0.494 e. The molecule has 104 valence electrons. The smallest absolute Gasteiger partial charge is 0.399 e. The van der Waals surface area contributed by atoms with E-state index in [1.165, 1.54) is 0 Å².